The summed E-state index contributed by atoms with van der Waals surface area (Å²) in [5.41, 5.74) is 7.85. The number of benzene rings is 1. The number of aromatic nitrogens is 1. The molecule has 6 nitrogen and oxygen atoms in total. The van der Waals surface area contributed by atoms with Crippen LogP contribution < -0.4 is 16.0 Å². The van der Waals surface area contributed by atoms with Crippen LogP contribution in [0.3, 0.4) is 0 Å². The zero-order valence-corrected chi connectivity index (χ0v) is 21.5. The van der Waals surface area contributed by atoms with Crippen molar-refractivity contribution in [2.75, 3.05) is 61.8 Å². The van der Waals surface area contributed by atoms with Crippen LogP contribution in [0, 0.1) is 6.92 Å². The van der Waals surface area contributed by atoms with E-state index in [9.17, 15) is 13.2 Å². The Balaban J connectivity index is 1.12. The number of pyridine rings is 1. The number of piperazine rings is 1. The summed E-state index contributed by atoms with van der Waals surface area (Å²) in [7, 11) is 0. The highest BCUT2D eigenvalue weighted by Gasteiger charge is 2.30. The Morgan fingerprint density at radius 2 is 1.75 bits per heavy atom. The van der Waals surface area contributed by atoms with E-state index in [-0.39, 0.29) is 0 Å². The first-order valence-corrected chi connectivity index (χ1v) is 13.0. The van der Waals surface area contributed by atoms with Crippen molar-refractivity contribution in [2.24, 2.45) is 0 Å². The van der Waals surface area contributed by atoms with Crippen molar-refractivity contribution in [1.82, 2.24) is 14.8 Å². The minimum atomic E-state index is -4.29. The lowest BCUT2D eigenvalue weighted by molar-refractivity contribution is -0.137. The van der Waals surface area contributed by atoms with E-state index >= 15 is 0 Å². The second kappa shape index (κ2) is 11.6. The topological polar surface area (TPSA) is 60.7 Å². The van der Waals surface area contributed by atoms with Crippen molar-refractivity contribution in [2.45, 2.75) is 44.8 Å². The number of piperidine rings is 1. The number of halogens is 3. The minimum absolute atomic E-state index is 0.389. The Kier molecular flexibility index (Phi) is 8.56. The van der Waals surface area contributed by atoms with Crippen LogP contribution in [0.4, 0.5) is 30.4 Å². The first kappa shape index (κ1) is 26.5. The van der Waals surface area contributed by atoms with Crippen molar-refractivity contribution >= 4 is 34.4 Å². The molecule has 0 bridgehead atoms. The molecule has 1 aromatic carbocycles. The summed E-state index contributed by atoms with van der Waals surface area (Å²) in [4.78, 5) is 12.3. The number of nitrogens with one attached hydrogen (secondary N) is 1. The maximum Gasteiger partial charge on any atom is 0.416 e. The highest BCUT2D eigenvalue weighted by Crippen LogP contribution is 2.30. The van der Waals surface area contributed by atoms with E-state index < -0.39 is 11.7 Å². The maximum absolute atomic E-state index is 12.8. The highest BCUT2D eigenvalue weighted by atomic mass is 32.1. The normalized spacial score (nSPS) is 17.9. The van der Waals surface area contributed by atoms with Gasteiger partial charge in [0.25, 0.3) is 0 Å². The van der Waals surface area contributed by atoms with Gasteiger partial charge < -0.3 is 20.9 Å². The summed E-state index contributed by atoms with van der Waals surface area (Å²) in [6, 6.07) is 7.86. The van der Waals surface area contributed by atoms with E-state index in [4.69, 9.17) is 18.0 Å². The van der Waals surface area contributed by atoms with Crippen molar-refractivity contribution in [3.05, 3.63) is 47.7 Å². The SMILES string of the molecule is Cc1cc(NC2CCN(C(=S)CCCN3CCN(c4ccc(C(F)(F)F)cc4)CC3)CC2)ncc1N. The van der Waals surface area contributed by atoms with Crippen molar-refractivity contribution < 1.29 is 13.2 Å². The Bertz CT molecular complexity index is 1010. The molecule has 0 atom stereocenters. The average Bonchev–Trinajstić information content (AvgIpc) is 2.87. The lowest BCUT2D eigenvalue weighted by Crippen LogP contribution is -2.47. The zero-order valence-electron chi connectivity index (χ0n) is 20.7. The molecule has 3 N–H and O–H groups in total. The zero-order chi connectivity index (χ0) is 25.7. The Morgan fingerprint density at radius 1 is 1.08 bits per heavy atom. The molecule has 0 amide bonds. The first-order valence-electron chi connectivity index (χ1n) is 12.6. The summed E-state index contributed by atoms with van der Waals surface area (Å²) in [5.74, 6) is 0.876. The molecule has 196 valence electrons. The number of thiocarbonyl (C=S) groups is 1. The summed E-state index contributed by atoms with van der Waals surface area (Å²) in [6.45, 7) is 8.33. The molecule has 10 heteroatoms. The molecule has 36 heavy (non-hydrogen) atoms. The Labute approximate surface area is 216 Å². The third-order valence-electron chi connectivity index (χ3n) is 7.15. The van der Waals surface area contributed by atoms with Crippen molar-refractivity contribution in [3.63, 3.8) is 0 Å². The van der Waals surface area contributed by atoms with Gasteiger partial charge in [-0.15, -0.1) is 0 Å². The minimum Gasteiger partial charge on any atom is -0.397 e. The standard InChI is InChI=1S/C26H35F3N6S/c1-19-17-24(31-18-23(19)30)32-21-8-11-35(12-9-21)25(36)3-2-10-33-13-15-34(16-14-33)22-6-4-20(5-7-22)26(27,28)29/h4-7,17-18,21H,2-3,8-16,30H2,1H3,(H,31,32). The molecule has 2 saturated heterocycles. The van der Waals surface area contributed by atoms with E-state index in [0.717, 1.165) is 106 Å². The van der Waals surface area contributed by atoms with Gasteiger partial charge in [-0.3, -0.25) is 4.90 Å². The molecule has 2 aliphatic heterocycles. The fraction of sp³-hybridized carbons (Fsp3) is 0.538. The lowest BCUT2D eigenvalue weighted by Gasteiger charge is -2.37. The Hall–Kier alpha value is -2.59. The largest absolute Gasteiger partial charge is 0.416 e. The fourth-order valence-corrected chi connectivity index (χ4v) is 5.16. The molecule has 0 aliphatic carbocycles. The van der Waals surface area contributed by atoms with Crippen molar-refractivity contribution in [3.8, 4) is 0 Å². The molecule has 4 rings (SSSR count). The second-order valence-corrected chi connectivity index (χ2v) is 10.2. The summed E-state index contributed by atoms with van der Waals surface area (Å²) in [5, 5.41) is 3.52. The van der Waals surface area contributed by atoms with Crippen molar-refractivity contribution in [1.29, 1.82) is 0 Å². The van der Waals surface area contributed by atoms with Gasteiger partial charge in [0.15, 0.2) is 0 Å². The van der Waals surface area contributed by atoms with E-state index in [2.05, 4.69) is 25.0 Å². The molecule has 1 aromatic heterocycles. The number of nitrogens with two attached hydrogens (primary N) is 1. The van der Waals surface area contributed by atoms with Gasteiger partial charge in [-0.25, -0.2) is 4.98 Å². The number of nitrogens with zero attached hydrogens (tertiary/aromatic N) is 4. The second-order valence-electron chi connectivity index (χ2n) is 9.70. The van der Waals surface area contributed by atoms with Crippen LogP contribution in [-0.4, -0.2) is 71.6 Å². The number of rotatable bonds is 7. The monoisotopic (exact) mass is 520 g/mol. The quantitative estimate of drug-likeness (QED) is 0.509. The summed E-state index contributed by atoms with van der Waals surface area (Å²) < 4.78 is 38.4. The van der Waals surface area contributed by atoms with Crippen LogP contribution in [0.25, 0.3) is 0 Å². The molecule has 3 heterocycles. The van der Waals surface area contributed by atoms with E-state index in [1.165, 1.54) is 0 Å². The van der Waals surface area contributed by atoms with Gasteiger partial charge in [-0.2, -0.15) is 13.2 Å². The number of aryl methyl sites for hydroxylation is 1. The van der Waals surface area contributed by atoms with Gasteiger partial charge in [-0.05, 0) is 75.0 Å². The predicted octanol–water partition coefficient (Wildman–Crippen LogP) is 4.80. The third-order valence-corrected chi connectivity index (χ3v) is 7.61. The van der Waals surface area contributed by atoms with Gasteiger partial charge >= 0.3 is 6.18 Å². The molecule has 2 aliphatic rings. The smallest absolute Gasteiger partial charge is 0.397 e. The lowest BCUT2D eigenvalue weighted by atomic mass is 10.0. The van der Waals surface area contributed by atoms with Crippen LogP contribution >= 0.6 is 12.2 Å². The highest BCUT2D eigenvalue weighted by molar-refractivity contribution is 7.80. The van der Waals surface area contributed by atoms with Gasteiger partial charge in [-0.1, -0.05) is 12.2 Å². The van der Waals surface area contributed by atoms with Gasteiger partial charge in [0.1, 0.15) is 5.82 Å². The van der Waals surface area contributed by atoms with Crippen LogP contribution in [0.1, 0.15) is 36.8 Å². The number of hydrogen-bond acceptors (Lipinski definition) is 6. The van der Waals surface area contributed by atoms with E-state index in [1.807, 2.05) is 13.0 Å². The molecule has 0 unspecified atom stereocenters. The molecule has 0 saturated carbocycles. The van der Waals surface area contributed by atoms with E-state index in [1.54, 1.807) is 18.3 Å². The van der Waals surface area contributed by atoms with Gasteiger partial charge in [0, 0.05) is 51.0 Å². The molecular weight excluding hydrogens is 485 g/mol. The molecule has 0 spiro atoms. The van der Waals surface area contributed by atoms with Crippen LogP contribution in [0.15, 0.2) is 36.5 Å². The molecule has 2 fully saturated rings. The van der Waals surface area contributed by atoms with Crippen LogP contribution in [0.5, 0.6) is 0 Å². The average molecular weight is 521 g/mol. The van der Waals surface area contributed by atoms with Gasteiger partial charge in [0.05, 0.1) is 22.4 Å². The maximum atomic E-state index is 12.8. The fourth-order valence-electron chi connectivity index (χ4n) is 4.83. The van der Waals surface area contributed by atoms with Gasteiger partial charge in [0.2, 0.25) is 0 Å². The number of hydrogen-bond donors (Lipinski definition) is 2. The van der Waals surface area contributed by atoms with E-state index in [0.29, 0.717) is 11.7 Å². The van der Waals surface area contributed by atoms with Crippen LogP contribution in [-0.2, 0) is 6.18 Å². The summed E-state index contributed by atoms with van der Waals surface area (Å²) >= 11 is 5.73. The number of anilines is 3. The number of alkyl halides is 3. The molecule has 0 radical (unpaired) electrons. The number of nitrogen functional groups attached to an aromatic ring is 1. The molecular formula is C26H35F3N6S. The third kappa shape index (κ3) is 7.00. The van der Waals surface area contributed by atoms with Crippen LogP contribution in [0.2, 0.25) is 0 Å². The first-order chi connectivity index (χ1) is 17.2. The summed E-state index contributed by atoms with van der Waals surface area (Å²) in [6.07, 6.45) is 1.39. The Morgan fingerprint density at radius 3 is 2.36 bits per heavy atom. The predicted molar refractivity (Wildman–Crippen MR) is 144 cm³/mol. The molecule has 2 aromatic rings. The number of likely N-dealkylation sites (tertiary alicyclic amines) is 1.